The van der Waals surface area contributed by atoms with E-state index >= 15 is 0 Å². The van der Waals surface area contributed by atoms with E-state index in [0.717, 1.165) is 12.3 Å². The summed E-state index contributed by atoms with van der Waals surface area (Å²) in [6.07, 6.45) is 2.47. The summed E-state index contributed by atoms with van der Waals surface area (Å²) < 4.78 is 31.0. The van der Waals surface area contributed by atoms with Gasteiger partial charge in [0.2, 0.25) is 11.3 Å². The van der Waals surface area contributed by atoms with E-state index in [9.17, 15) is 13.2 Å². The van der Waals surface area contributed by atoms with E-state index in [-0.39, 0.29) is 10.8 Å². The van der Waals surface area contributed by atoms with Gasteiger partial charge in [-0.1, -0.05) is 5.16 Å². The van der Waals surface area contributed by atoms with Gasteiger partial charge in [0.05, 0.1) is 5.69 Å². The Morgan fingerprint density at radius 1 is 1.39 bits per heavy atom. The number of rotatable bonds is 3. The maximum absolute atomic E-state index is 12.0. The highest BCUT2D eigenvalue weighted by Gasteiger charge is 2.21. The molecule has 2 N–H and O–H groups in total. The summed E-state index contributed by atoms with van der Waals surface area (Å²) in [6.45, 7) is 3.35. The third-order valence-corrected chi connectivity index (χ3v) is 3.81. The fourth-order valence-corrected chi connectivity index (χ4v) is 2.40. The molecule has 2 rings (SSSR count). The van der Waals surface area contributed by atoms with Gasteiger partial charge in [-0.3, -0.25) is 4.79 Å². The van der Waals surface area contributed by atoms with E-state index in [1.807, 2.05) is 0 Å². The van der Waals surface area contributed by atoms with Crippen LogP contribution in [-0.2, 0) is 10.0 Å². The number of hydrogen-bond acceptors (Lipinski definition) is 5. The fraction of sp³-hybridized carbons (Fsp3) is 0.200. The summed E-state index contributed by atoms with van der Waals surface area (Å²) in [7, 11) is -3.98. The number of aromatic nitrogens is 2. The molecular formula is C10H11N3O4S. The van der Waals surface area contributed by atoms with Crippen LogP contribution in [0.5, 0.6) is 0 Å². The van der Waals surface area contributed by atoms with Crippen LogP contribution in [0.3, 0.4) is 0 Å². The minimum Gasteiger partial charge on any atom is -0.366 e. The van der Waals surface area contributed by atoms with Gasteiger partial charge in [-0.15, -0.1) is 0 Å². The smallest absolute Gasteiger partial charge is 0.269 e. The molecule has 0 radical (unpaired) electrons. The molecule has 0 bridgehead atoms. The van der Waals surface area contributed by atoms with Gasteiger partial charge in [0, 0.05) is 24.0 Å². The molecule has 0 saturated heterocycles. The molecule has 2 aromatic rings. The van der Waals surface area contributed by atoms with E-state index in [1.165, 1.54) is 6.20 Å². The van der Waals surface area contributed by atoms with Crippen molar-refractivity contribution in [2.45, 2.75) is 18.7 Å². The first kappa shape index (κ1) is 12.4. The first-order valence-electron chi connectivity index (χ1n) is 5.04. The van der Waals surface area contributed by atoms with E-state index in [1.54, 1.807) is 13.8 Å². The molecule has 0 fully saturated rings. The highest BCUT2D eigenvalue weighted by molar-refractivity contribution is 7.92. The van der Waals surface area contributed by atoms with Crippen molar-refractivity contribution in [1.29, 1.82) is 0 Å². The second-order valence-electron chi connectivity index (χ2n) is 3.70. The van der Waals surface area contributed by atoms with Crippen LogP contribution >= 0.6 is 0 Å². The zero-order valence-electron chi connectivity index (χ0n) is 9.72. The van der Waals surface area contributed by atoms with Crippen molar-refractivity contribution in [3.05, 3.63) is 39.9 Å². The number of aromatic amines is 1. The Balaban J connectivity index is 2.43. The normalized spacial score (nSPS) is 11.4. The van der Waals surface area contributed by atoms with Gasteiger partial charge in [0.1, 0.15) is 0 Å². The number of nitrogens with one attached hydrogen (secondary N) is 2. The molecule has 0 atom stereocenters. The summed E-state index contributed by atoms with van der Waals surface area (Å²) in [5.74, 6) is 0.00996. The Hall–Kier alpha value is -2.09. The third kappa shape index (κ3) is 2.14. The van der Waals surface area contributed by atoms with Gasteiger partial charge < -0.3 is 9.51 Å². The molecule has 8 heteroatoms. The van der Waals surface area contributed by atoms with Crippen molar-refractivity contribution in [2.75, 3.05) is 4.72 Å². The topological polar surface area (TPSA) is 105 Å². The Labute approximate surface area is 103 Å². The lowest BCUT2D eigenvalue weighted by Gasteiger charge is -2.04. The lowest BCUT2D eigenvalue weighted by molar-refractivity contribution is 0.430. The van der Waals surface area contributed by atoms with E-state index in [4.69, 9.17) is 4.52 Å². The number of H-pyrrole nitrogens is 1. The Morgan fingerprint density at radius 2 is 2.11 bits per heavy atom. The molecule has 0 aliphatic carbocycles. The van der Waals surface area contributed by atoms with E-state index < -0.39 is 15.5 Å². The first-order chi connectivity index (χ1) is 8.42. The highest BCUT2D eigenvalue weighted by atomic mass is 32.2. The van der Waals surface area contributed by atoms with Gasteiger partial charge in [-0.2, -0.15) is 0 Å². The Bertz CT molecular complexity index is 730. The van der Waals surface area contributed by atoms with Crippen molar-refractivity contribution in [3.8, 4) is 0 Å². The maximum atomic E-state index is 12.0. The molecule has 7 nitrogen and oxygen atoms in total. The molecule has 2 heterocycles. The van der Waals surface area contributed by atoms with E-state index in [0.29, 0.717) is 11.3 Å². The zero-order valence-corrected chi connectivity index (χ0v) is 10.5. The second-order valence-corrected chi connectivity index (χ2v) is 5.35. The molecule has 0 aliphatic rings. The van der Waals surface area contributed by atoms with Crippen LogP contribution in [0.15, 0.2) is 32.7 Å². The minimum atomic E-state index is -3.98. The van der Waals surface area contributed by atoms with Crippen LogP contribution in [0.4, 0.5) is 5.88 Å². The standard InChI is InChI=1S/C10H11N3O4S/c1-6-7(2)12-17-10(6)13-18(15,16)9-5-11-4-3-8(9)14/h3-5,13H,1-2H3,(H,11,14). The molecule has 0 spiro atoms. The van der Waals surface area contributed by atoms with Crippen molar-refractivity contribution < 1.29 is 12.9 Å². The molecule has 0 saturated carbocycles. The lowest BCUT2D eigenvalue weighted by Crippen LogP contribution is -2.21. The SMILES string of the molecule is Cc1noc(NS(=O)(=O)c2c[nH]ccc2=O)c1C. The number of sulfonamides is 1. The van der Waals surface area contributed by atoms with Crippen LogP contribution in [0.2, 0.25) is 0 Å². The molecule has 18 heavy (non-hydrogen) atoms. The summed E-state index contributed by atoms with van der Waals surface area (Å²) in [6, 6.07) is 1.13. The van der Waals surface area contributed by atoms with Gasteiger partial charge in [0.15, 0.2) is 4.90 Å². The predicted molar refractivity (Wildman–Crippen MR) is 63.8 cm³/mol. The van der Waals surface area contributed by atoms with Crippen LogP contribution in [-0.4, -0.2) is 18.6 Å². The van der Waals surface area contributed by atoms with E-state index in [2.05, 4.69) is 14.9 Å². The highest BCUT2D eigenvalue weighted by Crippen LogP contribution is 2.20. The summed E-state index contributed by atoms with van der Waals surface area (Å²) >= 11 is 0. The quantitative estimate of drug-likeness (QED) is 0.856. The number of anilines is 1. The number of pyridine rings is 1. The van der Waals surface area contributed by atoms with Gasteiger partial charge in [-0.05, 0) is 13.8 Å². The molecule has 0 unspecified atom stereocenters. The first-order valence-corrected chi connectivity index (χ1v) is 6.53. The lowest BCUT2D eigenvalue weighted by atomic mass is 10.3. The zero-order chi connectivity index (χ0) is 13.3. The molecule has 0 amide bonds. The molecular weight excluding hydrogens is 258 g/mol. The number of nitrogens with zero attached hydrogens (tertiary/aromatic N) is 1. The largest absolute Gasteiger partial charge is 0.366 e. The van der Waals surface area contributed by atoms with Crippen molar-refractivity contribution >= 4 is 15.9 Å². The van der Waals surface area contributed by atoms with Crippen LogP contribution in [0, 0.1) is 13.8 Å². The minimum absolute atomic E-state index is 0.00996. The summed E-state index contributed by atoms with van der Waals surface area (Å²) in [5.41, 5.74) is 0.552. The van der Waals surface area contributed by atoms with Crippen molar-refractivity contribution in [3.63, 3.8) is 0 Å². The van der Waals surface area contributed by atoms with Crippen molar-refractivity contribution in [1.82, 2.24) is 10.1 Å². The van der Waals surface area contributed by atoms with Crippen LogP contribution in [0.25, 0.3) is 0 Å². The number of hydrogen-bond donors (Lipinski definition) is 2. The molecule has 0 aliphatic heterocycles. The summed E-state index contributed by atoms with van der Waals surface area (Å²) in [4.78, 5) is 13.6. The monoisotopic (exact) mass is 269 g/mol. The molecule has 96 valence electrons. The average molecular weight is 269 g/mol. The second kappa shape index (κ2) is 4.30. The Kier molecular flexibility index (Phi) is 2.95. The third-order valence-electron chi connectivity index (χ3n) is 2.46. The van der Waals surface area contributed by atoms with Crippen molar-refractivity contribution in [2.24, 2.45) is 0 Å². The van der Waals surface area contributed by atoms with Crippen LogP contribution < -0.4 is 10.2 Å². The summed E-state index contributed by atoms with van der Waals surface area (Å²) in [5, 5.41) is 3.63. The average Bonchev–Trinajstić information content (AvgIpc) is 2.61. The van der Waals surface area contributed by atoms with Gasteiger partial charge >= 0.3 is 0 Å². The Morgan fingerprint density at radius 3 is 2.67 bits per heavy atom. The fourth-order valence-electron chi connectivity index (χ4n) is 1.30. The molecule has 0 aromatic carbocycles. The van der Waals surface area contributed by atoms with Gasteiger partial charge in [-0.25, -0.2) is 13.1 Å². The van der Waals surface area contributed by atoms with Crippen LogP contribution in [0.1, 0.15) is 11.3 Å². The maximum Gasteiger partial charge on any atom is 0.269 e. The number of aryl methyl sites for hydroxylation is 1. The molecule has 2 aromatic heterocycles. The van der Waals surface area contributed by atoms with Gasteiger partial charge in [0.25, 0.3) is 10.0 Å². The predicted octanol–water partition coefficient (Wildman–Crippen LogP) is 0.781.